The summed E-state index contributed by atoms with van der Waals surface area (Å²) in [6.07, 6.45) is 0. The lowest BCUT2D eigenvalue weighted by atomic mass is 10.1. The van der Waals surface area contributed by atoms with Gasteiger partial charge in [-0.15, -0.1) is 0 Å². The number of aliphatic hydroxyl groups is 1. The Bertz CT molecular complexity index is 1750. The molecule has 0 unspecified atom stereocenters. The third-order valence-electron chi connectivity index (χ3n) is 5.94. The summed E-state index contributed by atoms with van der Waals surface area (Å²) in [4.78, 5) is 12.2. The number of urea groups is 1. The molecule has 0 radical (unpaired) electrons. The Kier molecular flexibility index (Phi) is 9.77. The van der Waals surface area contributed by atoms with Gasteiger partial charge in [-0.1, -0.05) is 12.1 Å². The van der Waals surface area contributed by atoms with Crippen molar-refractivity contribution >= 4 is 60.4 Å². The molecule has 0 saturated heterocycles. The lowest BCUT2D eigenvalue weighted by molar-refractivity contribution is 0.261. The number of rotatable bonds is 12. The van der Waals surface area contributed by atoms with E-state index < -0.39 is 32.9 Å². The van der Waals surface area contributed by atoms with Gasteiger partial charge in [0.25, 0.3) is 20.2 Å². The van der Waals surface area contributed by atoms with Crippen molar-refractivity contribution < 1.29 is 40.6 Å². The molecule has 4 aromatic rings. The van der Waals surface area contributed by atoms with Crippen molar-refractivity contribution in [2.75, 3.05) is 39.4 Å². The predicted molar refractivity (Wildman–Crippen MR) is 165 cm³/mol. The van der Waals surface area contributed by atoms with E-state index in [1.165, 1.54) is 43.5 Å². The minimum Gasteiger partial charge on any atom is -0.494 e. The summed E-state index contributed by atoms with van der Waals surface area (Å²) in [7, 11) is -7.32. The number of carbonyl (C=O) groups is 1. The number of hydrogen-bond donors (Lipinski definition) is 9. The lowest BCUT2D eigenvalue weighted by Gasteiger charge is -2.16. The quantitative estimate of drug-likeness (QED) is 0.0779. The molecule has 232 valence electrons. The van der Waals surface area contributed by atoms with Crippen LogP contribution in [-0.2, 0) is 26.8 Å². The Morgan fingerprint density at radius 1 is 0.659 bits per heavy atom. The molecule has 0 heterocycles. The number of ether oxygens (including phenoxy) is 1. The van der Waals surface area contributed by atoms with Crippen molar-refractivity contribution in [1.82, 2.24) is 0 Å². The van der Waals surface area contributed by atoms with Gasteiger partial charge in [0.15, 0.2) is 0 Å². The van der Waals surface area contributed by atoms with Crippen LogP contribution in [-0.4, -0.2) is 44.2 Å². The fraction of sp³-hybridized carbons (Fsp3) is 0.0741. The van der Waals surface area contributed by atoms with E-state index in [1.54, 1.807) is 48.5 Å². The van der Waals surface area contributed by atoms with Gasteiger partial charge in [-0.2, -0.15) is 16.8 Å². The first kappa shape index (κ1) is 31.9. The van der Waals surface area contributed by atoms with Crippen molar-refractivity contribution in [1.29, 1.82) is 0 Å². The number of benzene rings is 4. The van der Waals surface area contributed by atoms with Gasteiger partial charge in [-0.3, -0.25) is 9.11 Å². The van der Waals surface area contributed by atoms with Gasteiger partial charge >= 0.3 is 6.03 Å². The summed E-state index contributed by atoms with van der Waals surface area (Å²) in [6, 6.07) is 19.9. The van der Waals surface area contributed by atoms with Crippen molar-refractivity contribution in [2.45, 2.75) is 16.4 Å². The third kappa shape index (κ3) is 8.49. The second-order valence-corrected chi connectivity index (χ2v) is 11.9. The number of carbonyl (C=O) groups excluding carboxylic acids is 1. The van der Waals surface area contributed by atoms with Crippen molar-refractivity contribution in [3.05, 3.63) is 90.5 Å². The zero-order valence-corrected chi connectivity index (χ0v) is 24.5. The molecule has 15 nitrogen and oxygen atoms in total. The summed E-state index contributed by atoms with van der Waals surface area (Å²) in [5.74, 6) is 0.296. The van der Waals surface area contributed by atoms with Crippen molar-refractivity contribution in [3.8, 4) is 5.75 Å². The van der Waals surface area contributed by atoms with Gasteiger partial charge in [0.2, 0.25) is 0 Å². The SMILES string of the molecule is COc1cc(NNc2cccc(S(=O)(=O)O)c2)ccc1NC(=O)Nc1ccc(NNc2cccc(S(=O)(=O)O)c2)cc1CO. The van der Waals surface area contributed by atoms with Crippen LogP contribution in [0.4, 0.5) is 38.9 Å². The molecule has 0 aliphatic carbocycles. The molecule has 0 aliphatic heterocycles. The molecule has 0 atom stereocenters. The van der Waals surface area contributed by atoms with E-state index in [4.69, 9.17) is 4.74 Å². The molecule has 0 saturated carbocycles. The molecule has 4 aromatic carbocycles. The molecule has 0 aliphatic rings. The van der Waals surface area contributed by atoms with E-state index in [-0.39, 0.29) is 9.79 Å². The maximum absolute atomic E-state index is 12.8. The Morgan fingerprint density at radius 3 is 1.59 bits per heavy atom. The van der Waals surface area contributed by atoms with Gasteiger partial charge in [0.1, 0.15) is 5.75 Å². The van der Waals surface area contributed by atoms with Crippen LogP contribution in [0.25, 0.3) is 0 Å². The maximum Gasteiger partial charge on any atom is 0.323 e. The van der Waals surface area contributed by atoms with E-state index in [0.717, 1.165) is 0 Å². The van der Waals surface area contributed by atoms with Gasteiger partial charge in [-0.05, 0) is 66.7 Å². The van der Waals surface area contributed by atoms with Crippen molar-refractivity contribution in [3.63, 3.8) is 0 Å². The second kappa shape index (κ2) is 13.5. The Labute approximate surface area is 252 Å². The van der Waals surface area contributed by atoms with Crippen LogP contribution in [0.2, 0.25) is 0 Å². The average Bonchev–Trinajstić information content (AvgIpc) is 2.99. The number of methoxy groups -OCH3 is 1. The van der Waals surface area contributed by atoms with Crippen LogP contribution in [0.3, 0.4) is 0 Å². The number of aliphatic hydroxyl groups excluding tert-OH is 1. The molecule has 4 rings (SSSR count). The summed E-state index contributed by atoms with van der Waals surface area (Å²) < 4.78 is 69.2. The number of amides is 2. The number of anilines is 6. The highest BCUT2D eigenvalue weighted by molar-refractivity contribution is 7.86. The topological polar surface area (TPSA) is 227 Å². The zero-order chi connectivity index (χ0) is 31.9. The molecule has 2 amide bonds. The Morgan fingerprint density at radius 2 is 1.11 bits per heavy atom. The van der Waals surface area contributed by atoms with Crippen LogP contribution in [0.5, 0.6) is 5.75 Å². The summed E-state index contributed by atoms with van der Waals surface area (Å²) in [5.41, 5.74) is 14.1. The highest BCUT2D eigenvalue weighted by Gasteiger charge is 2.13. The number of nitrogens with one attached hydrogen (secondary N) is 6. The average molecular weight is 645 g/mol. The molecular weight excluding hydrogens is 616 g/mol. The molecular formula is C27H28N6O9S2. The first-order chi connectivity index (χ1) is 20.9. The van der Waals surface area contributed by atoms with Crippen LogP contribution < -0.4 is 37.1 Å². The van der Waals surface area contributed by atoms with E-state index >= 15 is 0 Å². The van der Waals surface area contributed by atoms with E-state index in [9.17, 15) is 35.8 Å². The Balaban J connectivity index is 1.38. The van der Waals surface area contributed by atoms with Crippen LogP contribution >= 0.6 is 0 Å². The molecule has 0 aromatic heterocycles. The van der Waals surface area contributed by atoms with Crippen LogP contribution in [0, 0.1) is 0 Å². The lowest BCUT2D eigenvalue weighted by Crippen LogP contribution is -2.21. The fourth-order valence-electron chi connectivity index (χ4n) is 3.83. The smallest absolute Gasteiger partial charge is 0.323 e. The monoisotopic (exact) mass is 644 g/mol. The van der Waals surface area contributed by atoms with Crippen molar-refractivity contribution in [2.24, 2.45) is 0 Å². The normalized spacial score (nSPS) is 11.3. The standard InChI is InChI=1S/C27H28N6O9S2/c1-42-26-15-21(33-31-19-5-3-7-23(14-19)44(39,40)41)9-11-25(26)29-27(35)28-24-10-8-20(12-17(24)16-34)32-30-18-4-2-6-22(13-18)43(36,37)38/h2-15,30-34H,16H2,1H3,(H2,28,29,35)(H,36,37,38)(H,39,40,41). The molecule has 0 spiro atoms. The zero-order valence-electron chi connectivity index (χ0n) is 22.9. The third-order valence-corrected chi connectivity index (χ3v) is 7.64. The van der Waals surface area contributed by atoms with E-state index in [2.05, 4.69) is 32.3 Å². The van der Waals surface area contributed by atoms with Gasteiger partial charge in [0.05, 0.1) is 51.9 Å². The van der Waals surface area contributed by atoms with Crippen LogP contribution in [0.15, 0.2) is 94.7 Å². The molecule has 0 fully saturated rings. The first-order valence-electron chi connectivity index (χ1n) is 12.5. The minimum atomic E-state index is -4.37. The summed E-state index contributed by atoms with van der Waals surface area (Å²) >= 11 is 0. The second-order valence-electron chi connectivity index (χ2n) is 9.03. The van der Waals surface area contributed by atoms with Crippen LogP contribution in [0.1, 0.15) is 5.56 Å². The minimum absolute atomic E-state index is 0.275. The van der Waals surface area contributed by atoms with E-state index in [1.807, 2.05) is 0 Å². The maximum atomic E-state index is 12.8. The molecule has 0 bridgehead atoms. The largest absolute Gasteiger partial charge is 0.494 e. The molecule has 9 N–H and O–H groups in total. The van der Waals surface area contributed by atoms with Gasteiger partial charge in [0, 0.05) is 17.3 Å². The number of hydrogen-bond acceptors (Lipinski definition) is 11. The number of hydrazine groups is 2. The fourth-order valence-corrected chi connectivity index (χ4v) is 4.88. The van der Waals surface area contributed by atoms with Gasteiger partial charge < -0.3 is 42.2 Å². The molecule has 44 heavy (non-hydrogen) atoms. The van der Waals surface area contributed by atoms with Gasteiger partial charge in [-0.25, -0.2) is 4.79 Å². The molecule has 17 heteroatoms. The highest BCUT2D eigenvalue weighted by Crippen LogP contribution is 2.29. The predicted octanol–water partition coefficient (Wildman–Crippen LogP) is 4.20. The van der Waals surface area contributed by atoms with E-state index in [0.29, 0.717) is 45.4 Å². The Hall–Kier alpha value is -5.07. The summed E-state index contributed by atoms with van der Waals surface area (Å²) in [5, 5.41) is 15.2. The first-order valence-corrected chi connectivity index (χ1v) is 15.4. The highest BCUT2D eigenvalue weighted by atomic mass is 32.2. The summed E-state index contributed by atoms with van der Waals surface area (Å²) in [6.45, 7) is -0.410.